The molecule has 1 aliphatic rings. The van der Waals surface area contributed by atoms with E-state index in [1.165, 1.54) is 6.07 Å². The fraction of sp³-hybridized carbons (Fsp3) is 0.167. The number of nitrogens with two attached hydrogens (primary N) is 2. The number of halogens is 2. The van der Waals surface area contributed by atoms with Crippen LogP contribution < -0.4 is 16.2 Å². The first-order valence-corrected chi connectivity index (χ1v) is 8.91. The molecule has 2 heterocycles. The molecule has 0 spiro atoms. The summed E-state index contributed by atoms with van der Waals surface area (Å²) in [7, 11) is 0. The smallest absolute Gasteiger partial charge is 0.222 e. The van der Waals surface area contributed by atoms with Crippen LogP contribution in [0.1, 0.15) is 0 Å². The third-order valence-electron chi connectivity index (χ3n) is 4.03. The monoisotopic (exact) mass is 431 g/mol. The highest BCUT2D eigenvalue weighted by Crippen LogP contribution is 2.32. The lowest BCUT2D eigenvalue weighted by atomic mass is 10.1. The predicted octanol–water partition coefficient (Wildman–Crippen LogP) is 3.17. The summed E-state index contributed by atoms with van der Waals surface area (Å²) >= 11 is 3.23. The average molecular weight is 432 g/mol. The van der Waals surface area contributed by atoms with Gasteiger partial charge >= 0.3 is 0 Å². The Hall–Kier alpha value is -2.94. The highest BCUT2D eigenvalue weighted by Gasteiger charge is 2.15. The third-order valence-corrected chi connectivity index (χ3v) is 4.52. The molecule has 0 saturated carbocycles. The van der Waals surface area contributed by atoms with Crippen LogP contribution in [0.25, 0.3) is 22.3 Å². The zero-order valence-corrected chi connectivity index (χ0v) is 15.7. The van der Waals surface area contributed by atoms with Crippen LogP contribution in [0.4, 0.5) is 15.9 Å². The van der Waals surface area contributed by atoms with E-state index in [4.69, 9.17) is 20.9 Å². The number of aromatic nitrogens is 2. The number of benzene rings is 2. The summed E-state index contributed by atoms with van der Waals surface area (Å²) in [6.45, 7) is 1.35. The standard InChI is InChI=1S/C18H15BrFN5O2/c19-9-1-2-10(12(20)5-9)18-24-14-7-15(27-8-16-23-3-4-26-16)13(21)6-11(14)17(22)25-18/h1-2,5-7H,3-4,8,21H2,(H2,22,24,25). The fourth-order valence-electron chi connectivity index (χ4n) is 2.72. The van der Waals surface area contributed by atoms with Crippen molar-refractivity contribution in [3.05, 3.63) is 40.6 Å². The van der Waals surface area contributed by atoms with Crippen LogP contribution in [0.5, 0.6) is 5.75 Å². The quantitative estimate of drug-likeness (QED) is 0.614. The van der Waals surface area contributed by atoms with Crippen molar-refractivity contribution in [1.29, 1.82) is 0 Å². The van der Waals surface area contributed by atoms with Crippen molar-refractivity contribution in [3.8, 4) is 17.1 Å². The minimum absolute atomic E-state index is 0.171. The molecular formula is C18H15BrFN5O2. The molecule has 138 valence electrons. The van der Waals surface area contributed by atoms with Crippen LogP contribution in [0.3, 0.4) is 0 Å². The summed E-state index contributed by atoms with van der Waals surface area (Å²) in [5.41, 5.74) is 13.2. The maximum absolute atomic E-state index is 14.3. The number of nitrogen functional groups attached to an aromatic ring is 2. The van der Waals surface area contributed by atoms with Crippen molar-refractivity contribution in [2.24, 2.45) is 4.99 Å². The summed E-state index contributed by atoms with van der Waals surface area (Å²) in [6.07, 6.45) is 0. The topological polar surface area (TPSA) is 109 Å². The number of hydrogen-bond acceptors (Lipinski definition) is 7. The molecule has 2 aromatic carbocycles. The summed E-state index contributed by atoms with van der Waals surface area (Å²) in [5.74, 6) is 0.880. The SMILES string of the molecule is Nc1cc2c(N)nc(-c3ccc(Br)cc3F)nc2cc1OCC1=NCCO1. The highest BCUT2D eigenvalue weighted by atomic mass is 79.9. The van der Waals surface area contributed by atoms with Gasteiger partial charge in [-0.15, -0.1) is 0 Å². The molecule has 3 aromatic rings. The Bertz CT molecular complexity index is 1070. The first-order valence-electron chi connectivity index (χ1n) is 8.12. The van der Waals surface area contributed by atoms with Crippen molar-refractivity contribution < 1.29 is 13.9 Å². The lowest BCUT2D eigenvalue weighted by Gasteiger charge is -2.12. The van der Waals surface area contributed by atoms with Crippen molar-refractivity contribution in [2.75, 3.05) is 31.2 Å². The van der Waals surface area contributed by atoms with Crippen molar-refractivity contribution in [1.82, 2.24) is 9.97 Å². The van der Waals surface area contributed by atoms with E-state index < -0.39 is 5.82 Å². The van der Waals surface area contributed by atoms with Crippen LogP contribution in [0.15, 0.2) is 39.8 Å². The van der Waals surface area contributed by atoms with Gasteiger partial charge in [0.15, 0.2) is 12.4 Å². The Labute approximate surface area is 162 Å². The largest absolute Gasteiger partial charge is 0.482 e. The van der Waals surface area contributed by atoms with Gasteiger partial charge in [-0.25, -0.2) is 19.4 Å². The van der Waals surface area contributed by atoms with Crippen LogP contribution in [0, 0.1) is 5.82 Å². The van der Waals surface area contributed by atoms with Crippen molar-refractivity contribution in [3.63, 3.8) is 0 Å². The van der Waals surface area contributed by atoms with Gasteiger partial charge in [0.25, 0.3) is 0 Å². The van der Waals surface area contributed by atoms with Crippen molar-refractivity contribution >= 4 is 44.2 Å². The summed E-state index contributed by atoms with van der Waals surface area (Å²) < 4.78 is 25.9. The zero-order chi connectivity index (χ0) is 19.0. The number of anilines is 2. The van der Waals surface area contributed by atoms with E-state index >= 15 is 0 Å². The maximum Gasteiger partial charge on any atom is 0.222 e. The van der Waals surface area contributed by atoms with Gasteiger partial charge in [-0.2, -0.15) is 0 Å². The van der Waals surface area contributed by atoms with Gasteiger partial charge in [-0.05, 0) is 24.3 Å². The molecule has 0 atom stereocenters. The second kappa shape index (κ2) is 6.99. The van der Waals surface area contributed by atoms with Crippen LogP contribution >= 0.6 is 15.9 Å². The molecule has 0 aliphatic carbocycles. The molecule has 0 unspecified atom stereocenters. The first kappa shape index (κ1) is 17.5. The van der Waals surface area contributed by atoms with Gasteiger partial charge < -0.3 is 20.9 Å². The van der Waals surface area contributed by atoms with E-state index in [0.717, 1.165) is 0 Å². The molecule has 0 bridgehead atoms. The van der Waals surface area contributed by atoms with Gasteiger partial charge in [-0.1, -0.05) is 15.9 Å². The zero-order valence-electron chi connectivity index (χ0n) is 14.1. The number of aliphatic imine (C=N–C) groups is 1. The van der Waals surface area contributed by atoms with E-state index in [0.29, 0.717) is 45.9 Å². The van der Waals surface area contributed by atoms with E-state index in [2.05, 4.69) is 30.9 Å². The molecule has 1 aliphatic heterocycles. The molecule has 4 rings (SSSR count). The second-order valence-corrected chi connectivity index (χ2v) is 6.79. The highest BCUT2D eigenvalue weighted by molar-refractivity contribution is 9.10. The molecule has 0 amide bonds. The number of fused-ring (bicyclic) bond motifs is 1. The number of hydrogen-bond donors (Lipinski definition) is 2. The lowest BCUT2D eigenvalue weighted by Crippen LogP contribution is -2.12. The molecule has 1 aromatic heterocycles. The van der Waals surface area contributed by atoms with Crippen molar-refractivity contribution in [2.45, 2.75) is 0 Å². The molecule has 4 N–H and O–H groups in total. The maximum atomic E-state index is 14.3. The normalized spacial score (nSPS) is 13.5. The fourth-order valence-corrected chi connectivity index (χ4v) is 3.05. The second-order valence-electron chi connectivity index (χ2n) is 5.88. The Morgan fingerprint density at radius 2 is 2.04 bits per heavy atom. The molecule has 7 nitrogen and oxygen atoms in total. The van der Waals surface area contributed by atoms with E-state index in [9.17, 15) is 4.39 Å². The third kappa shape index (κ3) is 3.50. The van der Waals surface area contributed by atoms with Gasteiger partial charge in [-0.3, -0.25) is 0 Å². The van der Waals surface area contributed by atoms with Gasteiger partial charge in [0.1, 0.15) is 24.0 Å². The number of ether oxygens (including phenoxy) is 2. The van der Waals surface area contributed by atoms with E-state index in [-0.39, 0.29) is 23.8 Å². The number of rotatable bonds is 4. The Morgan fingerprint density at radius 1 is 1.19 bits per heavy atom. The Kier molecular flexibility index (Phi) is 4.53. The minimum atomic E-state index is -0.452. The Morgan fingerprint density at radius 3 is 2.78 bits per heavy atom. The van der Waals surface area contributed by atoms with Gasteiger partial charge in [0.05, 0.1) is 23.3 Å². The molecular weight excluding hydrogens is 417 g/mol. The van der Waals surface area contributed by atoms with Gasteiger partial charge in [0, 0.05) is 15.9 Å². The van der Waals surface area contributed by atoms with Gasteiger partial charge in [0.2, 0.25) is 5.90 Å². The van der Waals surface area contributed by atoms with E-state index in [1.807, 2.05) is 0 Å². The molecule has 9 heteroatoms. The average Bonchev–Trinajstić information content (AvgIpc) is 3.14. The summed E-state index contributed by atoms with van der Waals surface area (Å²) in [6, 6.07) is 7.93. The Balaban J connectivity index is 1.74. The van der Waals surface area contributed by atoms with E-state index in [1.54, 1.807) is 24.3 Å². The molecule has 27 heavy (non-hydrogen) atoms. The molecule has 0 saturated heterocycles. The molecule has 0 radical (unpaired) electrons. The summed E-state index contributed by atoms with van der Waals surface area (Å²) in [5, 5.41) is 0.565. The summed E-state index contributed by atoms with van der Waals surface area (Å²) in [4.78, 5) is 12.8. The lowest BCUT2D eigenvalue weighted by molar-refractivity contribution is 0.294. The number of nitrogens with zero attached hydrogens (tertiary/aromatic N) is 3. The minimum Gasteiger partial charge on any atom is -0.482 e. The van der Waals surface area contributed by atoms with Crippen LogP contribution in [-0.4, -0.2) is 35.6 Å². The molecule has 0 fully saturated rings. The van der Waals surface area contributed by atoms with Crippen LogP contribution in [0.2, 0.25) is 0 Å². The predicted molar refractivity (Wildman–Crippen MR) is 105 cm³/mol. The first-order chi connectivity index (χ1) is 13.0. The van der Waals surface area contributed by atoms with Crippen LogP contribution in [-0.2, 0) is 4.74 Å².